The Labute approximate surface area is 168 Å². The minimum Gasteiger partial charge on any atom is -0.439 e. The monoisotopic (exact) mass is 381 g/mol. The molecule has 0 aliphatic carbocycles. The lowest BCUT2D eigenvalue weighted by Gasteiger charge is -2.43. The Kier molecular flexibility index (Phi) is 6.07. The van der Waals surface area contributed by atoms with Crippen LogP contribution in [0.4, 0.5) is 5.82 Å². The van der Waals surface area contributed by atoms with Crippen molar-refractivity contribution in [3.63, 3.8) is 0 Å². The Bertz CT molecular complexity index is 738. The van der Waals surface area contributed by atoms with E-state index in [9.17, 15) is 0 Å². The topological polar surface area (TPSA) is 44.7 Å². The van der Waals surface area contributed by atoms with Crippen LogP contribution in [-0.4, -0.2) is 72.1 Å². The Balaban J connectivity index is 1.31. The van der Waals surface area contributed by atoms with Gasteiger partial charge in [0.1, 0.15) is 17.9 Å². The van der Waals surface area contributed by atoms with Crippen molar-refractivity contribution in [2.24, 2.45) is 0 Å². The molecule has 6 nitrogen and oxygen atoms in total. The molecular weight excluding hydrogens is 350 g/mol. The summed E-state index contributed by atoms with van der Waals surface area (Å²) < 4.78 is 5.87. The van der Waals surface area contributed by atoms with Crippen LogP contribution in [0.5, 0.6) is 11.6 Å². The van der Waals surface area contributed by atoms with Gasteiger partial charge in [-0.05, 0) is 65.0 Å². The van der Waals surface area contributed by atoms with Crippen LogP contribution in [-0.2, 0) is 0 Å². The zero-order valence-corrected chi connectivity index (χ0v) is 17.0. The molecule has 0 saturated carbocycles. The Morgan fingerprint density at radius 3 is 2.32 bits per heavy atom. The summed E-state index contributed by atoms with van der Waals surface area (Å²) in [5.41, 5.74) is 0. The van der Waals surface area contributed by atoms with Gasteiger partial charge in [-0.25, -0.2) is 9.97 Å². The summed E-state index contributed by atoms with van der Waals surface area (Å²) in [6.45, 7) is 4.55. The van der Waals surface area contributed by atoms with Crippen LogP contribution in [0.25, 0.3) is 0 Å². The normalized spacial score (nSPS) is 19.9. The number of rotatable bonds is 5. The third-order valence-electron chi connectivity index (χ3n) is 6.13. The van der Waals surface area contributed by atoms with E-state index in [0.717, 1.165) is 30.7 Å². The van der Waals surface area contributed by atoms with Crippen LogP contribution in [0.3, 0.4) is 0 Å². The number of benzene rings is 1. The average Bonchev–Trinajstić information content (AvgIpc) is 2.75. The molecule has 0 atom stereocenters. The molecular formula is C22H31N5O. The standard InChI is InChI=1S/C22H31N5O/c1-25(2)18-8-12-26(13-9-18)19-10-14-27(15-11-19)21-16-22(24-17-23-21)28-20-6-4-3-5-7-20/h3-7,16-19H,8-15H2,1-2H3. The van der Waals surface area contributed by atoms with Gasteiger partial charge in [0.25, 0.3) is 0 Å². The highest BCUT2D eigenvalue weighted by Gasteiger charge is 2.29. The number of anilines is 1. The first-order chi connectivity index (χ1) is 13.7. The van der Waals surface area contributed by atoms with Gasteiger partial charge in [-0.15, -0.1) is 0 Å². The number of aromatic nitrogens is 2. The minimum absolute atomic E-state index is 0.601. The molecule has 2 fully saturated rings. The van der Waals surface area contributed by atoms with Gasteiger partial charge in [0.05, 0.1) is 0 Å². The van der Waals surface area contributed by atoms with Crippen molar-refractivity contribution < 1.29 is 4.74 Å². The summed E-state index contributed by atoms with van der Waals surface area (Å²) >= 11 is 0. The maximum absolute atomic E-state index is 5.87. The number of ether oxygens (including phenoxy) is 1. The maximum Gasteiger partial charge on any atom is 0.224 e. The molecule has 3 heterocycles. The van der Waals surface area contributed by atoms with E-state index in [2.05, 4.69) is 38.8 Å². The SMILES string of the molecule is CN(C)C1CCN(C2CCN(c3cc(Oc4ccccc4)ncn3)CC2)CC1. The molecule has 0 spiro atoms. The third kappa shape index (κ3) is 4.62. The fraction of sp³-hybridized carbons (Fsp3) is 0.545. The van der Waals surface area contributed by atoms with Crippen LogP contribution in [0.15, 0.2) is 42.7 Å². The molecule has 0 N–H and O–H groups in total. The van der Waals surface area contributed by atoms with Gasteiger partial charge in [0.2, 0.25) is 5.88 Å². The first-order valence-electron chi connectivity index (χ1n) is 10.4. The quantitative estimate of drug-likeness (QED) is 0.792. The fourth-order valence-electron chi connectivity index (χ4n) is 4.40. The van der Waals surface area contributed by atoms with Crippen molar-refractivity contribution in [3.05, 3.63) is 42.7 Å². The van der Waals surface area contributed by atoms with Crippen molar-refractivity contribution in [1.29, 1.82) is 0 Å². The highest BCUT2D eigenvalue weighted by atomic mass is 16.5. The van der Waals surface area contributed by atoms with Crippen LogP contribution < -0.4 is 9.64 Å². The fourth-order valence-corrected chi connectivity index (χ4v) is 4.40. The summed E-state index contributed by atoms with van der Waals surface area (Å²) in [4.78, 5) is 16.2. The average molecular weight is 382 g/mol. The molecule has 1 aromatic carbocycles. The van der Waals surface area contributed by atoms with E-state index >= 15 is 0 Å². The van der Waals surface area contributed by atoms with E-state index < -0.39 is 0 Å². The number of para-hydroxylation sites is 1. The number of piperidine rings is 2. The van der Waals surface area contributed by atoms with E-state index in [-0.39, 0.29) is 0 Å². The summed E-state index contributed by atoms with van der Waals surface area (Å²) in [5, 5.41) is 0. The van der Waals surface area contributed by atoms with Gasteiger partial charge in [-0.1, -0.05) is 18.2 Å². The van der Waals surface area contributed by atoms with Crippen molar-refractivity contribution in [1.82, 2.24) is 19.8 Å². The van der Waals surface area contributed by atoms with Crippen molar-refractivity contribution in [2.45, 2.75) is 37.8 Å². The summed E-state index contributed by atoms with van der Waals surface area (Å²) in [7, 11) is 4.41. The van der Waals surface area contributed by atoms with Gasteiger partial charge in [-0.2, -0.15) is 0 Å². The van der Waals surface area contributed by atoms with E-state index in [1.807, 2.05) is 36.4 Å². The molecule has 0 amide bonds. The molecule has 150 valence electrons. The lowest BCUT2D eigenvalue weighted by molar-refractivity contribution is 0.0960. The van der Waals surface area contributed by atoms with Crippen LogP contribution in [0.1, 0.15) is 25.7 Å². The smallest absolute Gasteiger partial charge is 0.224 e. The Morgan fingerprint density at radius 2 is 1.64 bits per heavy atom. The maximum atomic E-state index is 5.87. The van der Waals surface area contributed by atoms with Gasteiger partial charge in [0.15, 0.2) is 0 Å². The second-order valence-corrected chi connectivity index (χ2v) is 8.08. The van der Waals surface area contributed by atoms with Gasteiger partial charge < -0.3 is 19.4 Å². The number of nitrogens with zero attached hydrogens (tertiary/aromatic N) is 5. The molecule has 28 heavy (non-hydrogen) atoms. The molecule has 4 rings (SSSR count). The highest BCUT2D eigenvalue weighted by molar-refractivity contribution is 5.42. The molecule has 0 unspecified atom stereocenters. The first-order valence-corrected chi connectivity index (χ1v) is 10.4. The molecule has 6 heteroatoms. The molecule has 2 aromatic rings. The molecule has 1 aromatic heterocycles. The molecule has 0 bridgehead atoms. The van der Waals surface area contributed by atoms with Crippen LogP contribution in [0, 0.1) is 0 Å². The van der Waals surface area contributed by atoms with Crippen molar-refractivity contribution >= 4 is 5.82 Å². The second-order valence-electron chi connectivity index (χ2n) is 8.08. The largest absolute Gasteiger partial charge is 0.439 e. The van der Waals surface area contributed by atoms with E-state index in [1.165, 1.54) is 38.8 Å². The van der Waals surface area contributed by atoms with Crippen LogP contribution >= 0.6 is 0 Å². The Morgan fingerprint density at radius 1 is 0.929 bits per heavy atom. The number of likely N-dealkylation sites (tertiary alicyclic amines) is 1. The first kappa shape index (κ1) is 19.2. The number of hydrogen-bond acceptors (Lipinski definition) is 6. The van der Waals surface area contributed by atoms with Gasteiger partial charge >= 0.3 is 0 Å². The van der Waals surface area contributed by atoms with E-state index in [1.54, 1.807) is 6.33 Å². The van der Waals surface area contributed by atoms with Crippen molar-refractivity contribution in [2.75, 3.05) is 45.2 Å². The molecule has 2 saturated heterocycles. The Hall–Kier alpha value is -2.18. The zero-order valence-electron chi connectivity index (χ0n) is 17.0. The lowest BCUT2D eigenvalue weighted by Crippen LogP contribution is -2.50. The predicted octanol–water partition coefficient (Wildman–Crippen LogP) is 3.26. The molecule has 0 radical (unpaired) electrons. The summed E-state index contributed by atoms with van der Waals surface area (Å²) in [6.07, 6.45) is 6.58. The van der Waals surface area contributed by atoms with E-state index in [0.29, 0.717) is 11.9 Å². The minimum atomic E-state index is 0.601. The second kappa shape index (κ2) is 8.88. The third-order valence-corrected chi connectivity index (χ3v) is 6.13. The van der Waals surface area contributed by atoms with E-state index in [4.69, 9.17) is 4.74 Å². The van der Waals surface area contributed by atoms with Gasteiger partial charge in [0, 0.05) is 31.2 Å². The van der Waals surface area contributed by atoms with Gasteiger partial charge in [-0.3, -0.25) is 0 Å². The summed E-state index contributed by atoms with van der Waals surface area (Å²) in [6, 6.07) is 13.2. The highest BCUT2D eigenvalue weighted by Crippen LogP contribution is 2.27. The van der Waals surface area contributed by atoms with Crippen molar-refractivity contribution in [3.8, 4) is 11.6 Å². The molecule has 2 aliphatic rings. The molecule has 2 aliphatic heterocycles. The number of hydrogen-bond donors (Lipinski definition) is 0. The lowest BCUT2D eigenvalue weighted by atomic mass is 9.97. The zero-order chi connectivity index (χ0) is 19.3. The summed E-state index contributed by atoms with van der Waals surface area (Å²) in [5.74, 6) is 2.36. The van der Waals surface area contributed by atoms with Crippen LogP contribution in [0.2, 0.25) is 0 Å². The predicted molar refractivity (Wildman–Crippen MR) is 112 cm³/mol.